The van der Waals surface area contributed by atoms with Crippen LogP contribution in [-0.4, -0.2) is 148 Å². The maximum absolute atomic E-state index is 13.0. The van der Waals surface area contributed by atoms with Gasteiger partial charge in [0.05, 0.1) is 26.9 Å². The molecule has 0 radical (unpaired) electrons. The lowest BCUT2D eigenvalue weighted by molar-refractivity contribution is -0.149. The quantitative estimate of drug-likeness (QED) is 0.0316. The Labute approximate surface area is 572 Å². The number of primary amides is 2. The van der Waals surface area contributed by atoms with Gasteiger partial charge in [0.2, 0.25) is 35.4 Å². The van der Waals surface area contributed by atoms with Crippen LogP contribution in [0.4, 0.5) is 24.8 Å². The summed E-state index contributed by atoms with van der Waals surface area (Å²) in [6.45, 7) is 5.39. The highest BCUT2D eigenvalue weighted by atomic mass is 19.1. The first-order valence-corrected chi connectivity index (χ1v) is 32.6. The van der Waals surface area contributed by atoms with E-state index in [9.17, 15) is 56.3 Å². The van der Waals surface area contributed by atoms with Gasteiger partial charge in [-0.3, -0.25) is 43.2 Å². The number of pyridine rings is 4. The number of nitrogens with zero attached hydrogens (tertiary/aromatic N) is 6. The zero-order chi connectivity index (χ0) is 70.8. The molecule has 0 saturated carbocycles. The molecule has 0 bridgehead atoms. The third-order valence-corrected chi connectivity index (χ3v) is 17.7. The molecule has 100 heavy (non-hydrogen) atoms. The van der Waals surface area contributed by atoms with Crippen LogP contribution in [0.15, 0.2) is 139 Å². The predicted octanol–water partition coefficient (Wildman–Crippen LogP) is 7.47. The number of halogens is 3. The Morgan fingerprint density at radius 2 is 0.870 bits per heavy atom. The number of aromatic amines is 1. The second-order valence-corrected chi connectivity index (χ2v) is 24.7. The highest BCUT2D eigenvalue weighted by Gasteiger charge is 2.35. The normalized spacial score (nSPS) is 17.2. The molecule has 2 unspecified atom stereocenters. The topological polar surface area (TPSA) is 331 Å². The number of carbonyl (C=O) groups excluding carboxylic acids is 8. The first kappa shape index (κ1) is 71.3. The van der Waals surface area contributed by atoms with E-state index in [2.05, 4.69) is 30.6 Å². The molecule has 27 heteroatoms. The van der Waals surface area contributed by atoms with Gasteiger partial charge in [-0.2, -0.15) is 0 Å². The van der Waals surface area contributed by atoms with Crippen LogP contribution in [0.2, 0.25) is 0 Å². The lowest BCUT2D eigenvalue weighted by Crippen LogP contribution is -2.39. The monoisotopic (exact) mass is 1370 g/mol. The van der Waals surface area contributed by atoms with Crippen molar-refractivity contribution in [1.29, 1.82) is 0 Å². The molecule has 2 atom stereocenters. The number of hydrogen-bond acceptors (Lipinski definition) is 16. The van der Waals surface area contributed by atoms with Gasteiger partial charge in [-0.1, -0.05) is 0 Å². The van der Waals surface area contributed by atoms with Crippen LogP contribution < -0.4 is 41.9 Å². The standard InChI is InChI=1S/C25H26FN3O5.C24H25FN4O4.C24H23FN4O4/c1-33-25(32)21-13-18-12-17(14-27-23(18)28-24(21)31)2-7-22(30)29-10-8-16(9-11-29)15-34-20-5-3-19(26)4-6-20;2*25-18-2-4-19(5-3-18)33-14-15-7-9-29(10-8-15)21(30)6-1-16-11-17-12-20(22(26)31)24(32)28-23(17)27-13-16/h2-7,12,14,16,21H,8-11,13,15H2,1H3,(H,27,28,31);1-6,11,13,15,20H,7-10,12,14H2,(H2,26,31)(H,27,28,32);1-6,11-13,15H,7-10,14H2,(H2,26,31)(H,27,28,32)/b7-2+;2*6-1+. The average Bonchev–Trinajstić information content (AvgIpc) is 0.815. The molecule has 4 aromatic heterocycles. The fourth-order valence-electron chi connectivity index (χ4n) is 11.8. The molecule has 3 saturated heterocycles. The van der Waals surface area contributed by atoms with Gasteiger partial charge in [0, 0.05) is 81.5 Å². The van der Waals surface area contributed by atoms with E-state index < -0.39 is 47.0 Å². The number of benzene rings is 3. The summed E-state index contributed by atoms with van der Waals surface area (Å²) in [6, 6.07) is 24.6. The number of rotatable bonds is 18. The predicted molar refractivity (Wildman–Crippen MR) is 363 cm³/mol. The number of ether oxygens (including phenoxy) is 4. The summed E-state index contributed by atoms with van der Waals surface area (Å²) < 4.78 is 60.8. The lowest BCUT2D eigenvalue weighted by Gasteiger charge is -2.31. The molecule has 3 fully saturated rings. The Morgan fingerprint density at radius 3 is 1.24 bits per heavy atom. The number of carbonyl (C=O) groups is 8. The first-order chi connectivity index (χ1) is 48.2. The average molecular weight is 1370 g/mol. The fourth-order valence-corrected chi connectivity index (χ4v) is 11.8. The number of aromatic nitrogens is 4. The number of amides is 7. The summed E-state index contributed by atoms with van der Waals surface area (Å²) in [6.07, 6.45) is 19.5. The molecule has 5 aliphatic heterocycles. The highest BCUT2D eigenvalue weighted by Crippen LogP contribution is 2.29. The zero-order valence-corrected chi connectivity index (χ0v) is 54.6. The highest BCUT2D eigenvalue weighted by molar-refractivity contribution is 6.08. The smallest absolute Gasteiger partial charge is 0.318 e. The minimum Gasteiger partial charge on any atom is -0.493 e. The Hall–Kier alpha value is -11.5. The summed E-state index contributed by atoms with van der Waals surface area (Å²) >= 11 is 0. The summed E-state index contributed by atoms with van der Waals surface area (Å²) in [4.78, 5) is 129. The van der Waals surface area contributed by atoms with Gasteiger partial charge in [-0.25, -0.2) is 28.1 Å². The van der Waals surface area contributed by atoms with Crippen molar-refractivity contribution in [3.8, 4) is 17.2 Å². The van der Waals surface area contributed by atoms with Crippen molar-refractivity contribution in [3.63, 3.8) is 0 Å². The van der Waals surface area contributed by atoms with Gasteiger partial charge >= 0.3 is 5.97 Å². The number of nitrogens with one attached hydrogen (secondary N) is 3. The van der Waals surface area contributed by atoms with Crippen molar-refractivity contribution in [2.75, 3.05) is 76.8 Å². The number of anilines is 2. The molecule has 7 aromatic rings. The second-order valence-electron chi connectivity index (χ2n) is 24.7. The van der Waals surface area contributed by atoms with E-state index in [0.717, 1.165) is 38.5 Å². The number of piperidine rings is 3. The van der Waals surface area contributed by atoms with E-state index in [1.54, 1.807) is 99.9 Å². The SMILES string of the molecule is COC(=O)C1Cc2cc(/C=C/C(=O)N3CCC(COc4ccc(F)cc4)CC3)cnc2NC1=O.NC(=O)C1Cc2cc(/C=C/C(=O)N3CCC(COc4ccc(F)cc4)CC3)cnc2NC1=O.NC(=O)c1cc2cc(/C=C/C(=O)N3CCC(COc4ccc(F)cc4)CC3)cnc2[nH]c1=O. The Kier molecular flexibility index (Phi) is 24.0. The molecule has 7 amide bonds. The van der Waals surface area contributed by atoms with Gasteiger partial charge in [0.15, 0.2) is 0 Å². The fraction of sp³-hybridized carbons (Fsp3) is 0.315. The largest absolute Gasteiger partial charge is 0.493 e. The Balaban J connectivity index is 0.000000162. The van der Waals surface area contributed by atoms with Gasteiger partial charge in [0.25, 0.3) is 11.5 Å². The summed E-state index contributed by atoms with van der Waals surface area (Å²) in [5.41, 5.74) is 13.6. The number of hydrogen-bond donors (Lipinski definition) is 5. The Bertz CT molecular complexity index is 4300. The number of esters is 1. The third kappa shape index (κ3) is 19.6. The van der Waals surface area contributed by atoms with E-state index in [1.807, 2.05) is 0 Å². The number of likely N-dealkylation sites (tertiary alicyclic amines) is 3. The molecule has 7 N–H and O–H groups in total. The van der Waals surface area contributed by atoms with Gasteiger partial charge in [0.1, 0.15) is 69.4 Å². The molecule has 9 heterocycles. The first-order valence-electron chi connectivity index (χ1n) is 32.6. The summed E-state index contributed by atoms with van der Waals surface area (Å²) in [5.74, 6) is -2.25. The van der Waals surface area contributed by atoms with E-state index in [1.165, 1.54) is 74.0 Å². The van der Waals surface area contributed by atoms with Crippen molar-refractivity contribution in [1.82, 2.24) is 34.6 Å². The van der Waals surface area contributed by atoms with Crippen molar-refractivity contribution in [2.45, 2.75) is 51.4 Å². The van der Waals surface area contributed by atoms with Crippen LogP contribution in [0.5, 0.6) is 17.2 Å². The Morgan fingerprint density at radius 1 is 0.510 bits per heavy atom. The number of methoxy groups -OCH3 is 1. The summed E-state index contributed by atoms with van der Waals surface area (Å²) in [7, 11) is 1.25. The van der Waals surface area contributed by atoms with Crippen LogP contribution in [0.25, 0.3) is 29.3 Å². The van der Waals surface area contributed by atoms with Crippen LogP contribution in [0, 0.1) is 47.0 Å². The van der Waals surface area contributed by atoms with Crippen molar-refractivity contribution < 1.29 is 70.5 Å². The molecular weight excluding hydrogens is 1300 g/mol. The van der Waals surface area contributed by atoms with E-state index in [0.29, 0.717) is 145 Å². The number of H-pyrrole nitrogens is 1. The van der Waals surface area contributed by atoms with Crippen LogP contribution in [0.1, 0.15) is 76.7 Å². The second kappa shape index (κ2) is 33.6. The van der Waals surface area contributed by atoms with Crippen molar-refractivity contribution in [3.05, 3.63) is 195 Å². The molecule has 5 aliphatic rings. The number of nitrogens with two attached hydrogens (primary N) is 2. The van der Waals surface area contributed by atoms with Crippen molar-refractivity contribution in [2.24, 2.45) is 41.1 Å². The zero-order valence-electron chi connectivity index (χ0n) is 54.6. The molecule has 0 aliphatic carbocycles. The third-order valence-electron chi connectivity index (χ3n) is 17.7. The molecule has 0 spiro atoms. The van der Waals surface area contributed by atoms with Gasteiger partial charge < -0.3 is 60.7 Å². The maximum atomic E-state index is 13.0. The molecule has 520 valence electrons. The minimum absolute atomic E-state index is 0.0867. The molecule has 24 nitrogen and oxygen atoms in total. The maximum Gasteiger partial charge on any atom is 0.318 e. The van der Waals surface area contributed by atoms with Crippen LogP contribution in [0.3, 0.4) is 0 Å². The molecule has 3 aromatic carbocycles. The number of fused-ring (bicyclic) bond motifs is 3. The van der Waals surface area contributed by atoms with E-state index in [-0.39, 0.29) is 53.6 Å². The summed E-state index contributed by atoms with van der Waals surface area (Å²) in [5, 5.41) is 5.75. The minimum atomic E-state index is -0.923. The van der Waals surface area contributed by atoms with E-state index in [4.69, 9.17) is 30.4 Å². The van der Waals surface area contributed by atoms with Gasteiger partial charge in [-0.05, 0) is 212 Å². The van der Waals surface area contributed by atoms with Crippen molar-refractivity contribution >= 4 is 88.2 Å². The molecular formula is C73H74F3N11O13. The van der Waals surface area contributed by atoms with E-state index >= 15 is 0 Å². The van der Waals surface area contributed by atoms with Gasteiger partial charge in [-0.15, -0.1) is 0 Å². The lowest BCUT2D eigenvalue weighted by atomic mass is 9.94. The molecule has 12 rings (SSSR count). The van der Waals surface area contributed by atoms with Crippen LogP contribution in [-0.2, 0) is 51.1 Å². The van der Waals surface area contributed by atoms with Crippen LogP contribution >= 0.6 is 0 Å².